The Kier molecular flexibility index (Phi) is 6.10. The molecule has 2 heterocycles. The van der Waals surface area contributed by atoms with Crippen molar-refractivity contribution in [3.05, 3.63) is 48.0 Å². The average Bonchev–Trinajstić information content (AvgIpc) is 2.97. The van der Waals surface area contributed by atoms with Crippen molar-refractivity contribution in [2.45, 2.75) is 12.6 Å². The van der Waals surface area contributed by atoms with Gasteiger partial charge in [-0.3, -0.25) is 14.7 Å². The highest BCUT2D eigenvalue weighted by Crippen LogP contribution is 2.15. The van der Waals surface area contributed by atoms with Crippen molar-refractivity contribution in [3.63, 3.8) is 0 Å². The summed E-state index contributed by atoms with van der Waals surface area (Å²) < 4.78 is 1.82. The Labute approximate surface area is 137 Å². The molecule has 0 bridgehead atoms. The van der Waals surface area contributed by atoms with E-state index in [9.17, 15) is 0 Å². The second kappa shape index (κ2) is 8.28. The van der Waals surface area contributed by atoms with Crippen LogP contribution in [-0.4, -0.2) is 53.3 Å². The van der Waals surface area contributed by atoms with Gasteiger partial charge in [-0.15, -0.1) is 0 Å². The van der Waals surface area contributed by atoms with Crippen LogP contribution >= 0.6 is 0 Å². The number of nitrogens with zero attached hydrogens (tertiary/aromatic N) is 5. The lowest BCUT2D eigenvalue weighted by atomic mass is 10.1. The molecule has 0 aliphatic heterocycles. The first kappa shape index (κ1) is 17.0. The van der Waals surface area contributed by atoms with Crippen molar-refractivity contribution in [2.24, 2.45) is 12.0 Å². The maximum atomic E-state index is 4.29. The first-order chi connectivity index (χ1) is 11.1. The van der Waals surface area contributed by atoms with Gasteiger partial charge in [0.1, 0.15) is 0 Å². The first-order valence-electron chi connectivity index (χ1n) is 7.59. The quantitative estimate of drug-likeness (QED) is 0.609. The molecule has 0 saturated carbocycles. The molecule has 0 spiro atoms. The van der Waals surface area contributed by atoms with E-state index in [4.69, 9.17) is 0 Å². The molecule has 1 unspecified atom stereocenters. The molecule has 124 valence electrons. The van der Waals surface area contributed by atoms with Gasteiger partial charge in [0.15, 0.2) is 5.96 Å². The van der Waals surface area contributed by atoms with E-state index in [-0.39, 0.29) is 6.04 Å². The third-order valence-electron chi connectivity index (χ3n) is 3.58. The zero-order valence-electron chi connectivity index (χ0n) is 14.2. The second-order valence-corrected chi connectivity index (χ2v) is 5.55. The topological polar surface area (TPSA) is 70.4 Å². The lowest BCUT2D eigenvalue weighted by Crippen LogP contribution is -2.41. The highest BCUT2D eigenvalue weighted by Gasteiger charge is 2.16. The van der Waals surface area contributed by atoms with E-state index in [1.165, 1.54) is 5.56 Å². The molecule has 0 aliphatic carbocycles. The van der Waals surface area contributed by atoms with Gasteiger partial charge in [0.25, 0.3) is 0 Å². The molecule has 7 nitrogen and oxygen atoms in total. The van der Waals surface area contributed by atoms with Gasteiger partial charge >= 0.3 is 0 Å². The van der Waals surface area contributed by atoms with E-state index in [1.807, 2.05) is 42.3 Å². The SMILES string of the molecule is CN=C(NCc1ccccn1)NCC(c1cnn(C)c1)N(C)C. The van der Waals surface area contributed by atoms with Gasteiger partial charge in [0, 0.05) is 38.6 Å². The van der Waals surface area contributed by atoms with Gasteiger partial charge < -0.3 is 15.5 Å². The molecule has 0 amide bonds. The Bertz CT molecular complexity index is 618. The van der Waals surface area contributed by atoms with Gasteiger partial charge in [-0.25, -0.2) is 0 Å². The number of aliphatic imine (C=N–C) groups is 1. The van der Waals surface area contributed by atoms with Crippen molar-refractivity contribution in [1.82, 2.24) is 30.3 Å². The van der Waals surface area contributed by atoms with Crippen molar-refractivity contribution in [3.8, 4) is 0 Å². The normalized spacial score (nSPS) is 13.2. The third kappa shape index (κ3) is 5.07. The molecule has 0 radical (unpaired) electrons. The number of guanidine groups is 1. The van der Waals surface area contributed by atoms with E-state index in [2.05, 4.69) is 44.7 Å². The predicted molar refractivity (Wildman–Crippen MR) is 92.1 cm³/mol. The lowest BCUT2D eigenvalue weighted by Gasteiger charge is -2.24. The molecule has 2 aromatic rings. The molecule has 0 aromatic carbocycles. The lowest BCUT2D eigenvalue weighted by molar-refractivity contribution is 0.298. The Morgan fingerprint density at radius 3 is 2.74 bits per heavy atom. The molecule has 0 aliphatic rings. The number of hydrogen-bond acceptors (Lipinski definition) is 4. The molecular weight excluding hydrogens is 290 g/mol. The minimum Gasteiger partial charge on any atom is -0.354 e. The number of rotatable bonds is 6. The van der Waals surface area contributed by atoms with E-state index in [0.29, 0.717) is 6.54 Å². The molecular formula is C16H25N7. The summed E-state index contributed by atoms with van der Waals surface area (Å²) in [6.07, 6.45) is 5.73. The second-order valence-electron chi connectivity index (χ2n) is 5.55. The fourth-order valence-electron chi connectivity index (χ4n) is 2.30. The van der Waals surface area contributed by atoms with Gasteiger partial charge in [-0.1, -0.05) is 6.07 Å². The molecule has 2 rings (SSSR count). The van der Waals surface area contributed by atoms with E-state index >= 15 is 0 Å². The monoisotopic (exact) mass is 315 g/mol. The number of aryl methyl sites for hydroxylation is 1. The van der Waals surface area contributed by atoms with Crippen LogP contribution in [-0.2, 0) is 13.6 Å². The summed E-state index contributed by atoms with van der Waals surface area (Å²) in [6, 6.07) is 6.09. The van der Waals surface area contributed by atoms with Gasteiger partial charge in [-0.2, -0.15) is 5.10 Å². The zero-order chi connectivity index (χ0) is 16.7. The predicted octanol–water partition coefficient (Wildman–Crippen LogP) is 0.783. The van der Waals surface area contributed by atoms with Crippen LogP contribution in [0.15, 0.2) is 41.8 Å². The van der Waals surface area contributed by atoms with Gasteiger partial charge in [0.05, 0.1) is 24.5 Å². The van der Waals surface area contributed by atoms with Gasteiger partial charge in [-0.05, 0) is 26.2 Å². The Hall–Kier alpha value is -2.41. The van der Waals surface area contributed by atoms with Crippen LogP contribution in [0.3, 0.4) is 0 Å². The van der Waals surface area contributed by atoms with Crippen molar-refractivity contribution in [1.29, 1.82) is 0 Å². The summed E-state index contributed by atoms with van der Waals surface area (Å²) >= 11 is 0. The van der Waals surface area contributed by atoms with Crippen molar-refractivity contribution >= 4 is 5.96 Å². The van der Waals surface area contributed by atoms with Crippen LogP contribution in [0.4, 0.5) is 0 Å². The van der Waals surface area contributed by atoms with Crippen LogP contribution in [0.5, 0.6) is 0 Å². The number of pyridine rings is 1. The van der Waals surface area contributed by atoms with E-state index in [1.54, 1.807) is 13.2 Å². The fourth-order valence-corrected chi connectivity index (χ4v) is 2.30. The number of nitrogens with one attached hydrogen (secondary N) is 2. The molecule has 0 fully saturated rings. The summed E-state index contributed by atoms with van der Waals surface area (Å²) in [6.45, 7) is 1.38. The molecule has 1 atom stereocenters. The molecule has 7 heteroatoms. The number of hydrogen-bond donors (Lipinski definition) is 2. The van der Waals surface area contributed by atoms with Crippen LogP contribution in [0.25, 0.3) is 0 Å². The molecule has 23 heavy (non-hydrogen) atoms. The molecule has 2 N–H and O–H groups in total. The van der Waals surface area contributed by atoms with Crippen molar-refractivity contribution in [2.75, 3.05) is 27.7 Å². The molecule has 2 aromatic heterocycles. The highest BCUT2D eigenvalue weighted by molar-refractivity contribution is 5.79. The maximum absolute atomic E-state index is 4.29. The van der Waals surface area contributed by atoms with E-state index in [0.717, 1.165) is 18.2 Å². The summed E-state index contributed by atoms with van der Waals surface area (Å²) in [5, 5.41) is 10.9. The Morgan fingerprint density at radius 2 is 2.17 bits per heavy atom. The van der Waals surface area contributed by atoms with E-state index < -0.39 is 0 Å². The summed E-state index contributed by atoms with van der Waals surface area (Å²) in [7, 11) is 7.81. The van der Waals surface area contributed by atoms with Crippen LogP contribution in [0.2, 0.25) is 0 Å². The smallest absolute Gasteiger partial charge is 0.191 e. The number of aromatic nitrogens is 3. The molecule has 0 saturated heterocycles. The number of likely N-dealkylation sites (N-methyl/N-ethyl adjacent to an activating group) is 1. The maximum Gasteiger partial charge on any atom is 0.191 e. The minimum atomic E-state index is 0.220. The Balaban J connectivity index is 1.90. The zero-order valence-corrected chi connectivity index (χ0v) is 14.2. The summed E-state index contributed by atoms with van der Waals surface area (Å²) in [5.74, 6) is 0.756. The van der Waals surface area contributed by atoms with Crippen molar-refractivity contribution < 1.29 is 0 Å². The van der Waals surface area contributed by atoms with Crippen LogP contribution < -0.4 is 10.6 Å². The van der Waals surface area contributed by atoms with Crippen LogP contribution in [0.1, 0.15) is 17.3 Å². The first-order valence-corrected chi connectivity index (χ1v) is 7.59. The average molecular weight is 315 g/mol. The minimum absolute atomic E-state index is 0.220. The summed E-state index contributed by atoms with van der Waals surface area (Å²) in [5.41, 5.74) is 2.15. The van der Waals surface area contributed by atoms with Gasteiger partial charge in [0.2, 0.25) is 0 Å². The third-order valence-corrected chi connectivity index (χ3v) is 3.58. The largest absolute Gasteiger partial charge is 0.354 e. The van der Waals surface area contributed by atoms with Crippen LogP contribution in [0, 0.1) is 0 Å². The highest BCUT2D eigenvalue weighted by atomic mass is 15.3. The standard InChI is InChI=1S/C16H25N7/c1-17-16(19-10-14-7-5-6-8-18-14)20-11-15(22(2)3)13-9-21-23(4)12-13/h5-9,12,15H,10-11H2,1-4H3,(H2,17,19,20). The fraction of sp³-hybridized carbons (Fsp3) is 0.438. The Morgan fingerprint density at radius 1 is 1.35 bits per heavy atom. The summed E-state index contributed by atoms with van der Waals surface area (Å²) in [4.78, 5) is 10.7.